The molecule has 0 aliphatic carbocycles. The van der Waals surface area contributed by atoms with Gasteiger partial charge in [0.2, 0.25) is 0 Å². The quantitative estimate of drug-likeness (QED) is 0.887. The highest BCUT2D eigenvalue weighted by Gasteiger charge is 2.33. The smallest absolute Gasteiger partial charge is 0.326 e. The molecule has 20 heavy (non-hydrogen) atoms. The molecule has 2 rings (SSSR count). The summed E-state index contributed by atoms with van der Waals surface area (Å²) in [4.78, 5) is 24.5. The van der Waals surface area contributed by atoms with Crippen LogP contribution in [-0.2, 0) is 4.79 Å². The molecule has 1 fully saturated rings. The SMILES string of the molecule is COc1ccc(NC(=O)N2CCC[C@@H]2C(=O)O)cc1C. The molecule has 0 spiro atoms. The number of hydrogen-bond donors (Lipinski definition) is 2. The van der Waals surface area contributed by atoms with Gasteiger partial charge in [-0.3, -0.25) is 0 Å². The first-order valence-electron chi connectivity index (χ1n) is 6.48. The van der Waals surface area contributed by atoms with Crippen LogP contribution in [0.4, 0.5) is 10.5 Å². The van der Waals surface area contributed by atoms with Gasteiger partial charge in [-0.2, -0.15) is 0 Å². The lowest BCUT2D eigenvalue weighted by atomic mass is 10.2. The number of carbonyl (C=O) groups is 2. The second kappa shape index (κ2) is 5.81. The van der Waals surface area contributed by atoms with Crippen LogP contribution in [0.1, 0.15) is 18.4 Å². The third-order valence-corrected chi connectivity index (χ3v) is 3.44. The van der Waals surface area contributed by atoms with Crippen LogP contribution in [0.25, 0.3) is 0 Å². The number of amides is 2. The van der Waals surface area contributed by atoms with Gasteiger partial charge in [0.25, 0.3) is 0 Å². The first-order valence-corrected chi connectivity index (χ1v) is 6.48. The fraction of sp³-hybridized carbons (Fsp3) is 0.429. The third kappa shape index (κ3) is 2.84. The molecular formula is C14H18N2O4. The summed E-state index contributed by atoms with van der Waals surface area (Å²) in [5.41, 5.74) is 1.53. The minimum Gasteiger partial charge on any atom is -0.496 e. The Bertz CT molecular complexity index is 530. The molecule has 6 heteroatoms. The zero-order valence-corrected chi connectivity index (χ0v) is 11.5. The molecule has 0 aromatic heterocycles. The van der Waals surface area contributed by atoms with Gasteiger partial charge in [-0.15, -0.1) is 0 Å². The number of methoxy groups -OCH3 is 1. The maximum absolute atomic E-state index is 12.1. The van der Waals surface area contributed by atoms with Gasteiger partial charge in [0.1, 0.15) is 11.8 Å². The predicted octanol–water partition coefficient (Wildman–Crippen LogP) is 2.08. The van der Waals surface area contributed by atoms with E-state index in [-0.39, 0.29) is 6.03 Å². The number of aliphatic carboxylic acids is 1. The topological polar surface area (TPSA) is 78.9 Å². The van der Waals surface area contributed by atoms with E-state index in [4.69, 9.17) is 9.84 Å². The monoisotopic (exact) mass is 278 g/mol. The lowest BCUT2D eigenvalue weighted by Crippen LogP contribution is -2.42. The predicted molar refractivity (Wildman–Crippen MR) is 74.1 cm³/mol. The van der Waals surface area contributed by atoms with Crippen molar-refractivity contribution >= 4 is 17.7 Å². The molecule has 1 aliphatic heterocycles. The highest BCUT2D eigenvalue weighted by molar-refractivity contribution is 5.92. The summed E-state index contributed by atoms with van der Waals surface area (Å²) in [7, 11) is 1.59. The summed E-state index contributed by atoms with van der Waals surface area (Å²) in [5, 5.41) is 11.8. The van der Waals surface area contributed by atoms with Crippen LogP contribution < -0.4 is 10.1 Å². The first-order chi connectivity index (χ1) is 9.52. The average Bonchev–Trinajstić information content (AvgIpc) is 2.88. The maximum atomic E-state index is 12.1. The Kier molecular flexibility index (Phi) is 4.12. The van der Waals surface area contributed by atoms with Crippen molar-refractivity contribution in [2.24, 2.45) is 0 Å². The summed E-state index contributed by atoms with van der Waals surface area (Å²) in [6.07, 6.45) is 1.22. The van der Waals surface area contributed by atoms with Crippen LogP contribution in [0, 0.1) is 6.92 Å². The molecule has 1 heterocycles. The Morgan fingerprint density at radius 1 is 1.45 bits per heavy atom. The second-order valence-corrected chi connectivity index (χ2v) is 4.80. The maximum Gasteiger partial charge on any atom is 0.326 e. The molecule has 0 unspecified atom stereocenters. The zero-order chi connectivity index (χ0) is 14.7. The molecule has 1 aromatic rings. The summed E-state index contributed by atoms with van der Waals surface area (Å²) in [6, 6.07) is 4.19. The van der Waals surface area contributed by atoms with Crippen molar-refractivity contribution in [2.45, 2.75) is 25.8 Å². The van der Waals surface area contributed by atoms with Crippen LogP contribution >= 0.6 is 0 Å². The number of benzene rings is 1. The van der Waals surface area contributed by atoms with E-state index in [0.29, 0.717) is 25.1 Å². The van der Waals surface area contributed by atoms with Crippen molar-refractivity contribution in [3.05, 3.63) is 23.8 Å². The summed E-state index contributed by atoms with van der Waals surface area (Å²) >= 11 is 0. The number of rotatable bonds is 3. The van der Waals surface area contributed by atoms with E-state index in [0.717, 1.165) is 11.3 Å². The van der Waals surface area contributed by atoms with Gasteiger partial charge in [0.05, 0.1) is 7.11 Å². The molecule has 0 saturated carbocycles. The lowest BCUT2D eigenvalue weighted by molar-refractivity contribution is -0.141. The summed E-state index contributed by atoms with van der Waals surface area (Å²) in [6.45, 7) is 2.35. The minimum absolute atomic E-state index is 0.375. The van der Waals surface area contributed by atoms with E-state index in [1.807, 2.05) is 6.92 Å². The van der Waals surface area contributed by atoms with Crippen LogP contribution in [-0.4, -0.2) is 41.7 Å². The van der Waals surface area contributed by atoms with Crippen molar-refractivity contribution in [3.8, 4) is 5.75 Å². The Morgan fingerprint density at radius 3 is 2.80 bits per heavy atom. The van der Waals surface area contributed by atoms with Crippen molar-refractivity contribution < 1.29 is 19.4 Å². The van der Waals surface area contributed by atoms with Gasteiger partial charge >= 0.3 is 12.0 Å². The van der Waals surface area contributed by atoms with Gasteiger partial charge in [-0.05, 0) is 43.5 Å². The van der Waals surface area contributed by atoms with Gasteiger partial charge in [0.15, 0.2) is 0 Å². The van der Waals surface area contributed by atoms with Crippen molar-refractivity contribution in [1.82, 2.24) is 4.90 Å². The van der Waals surface area contributed by atoms with E-state index in [2.05, 4.69) is 5.32 Å². The molecule has 2 N–H and O–H groups in total. The lowest BCUT2D eigenvalue weighted by Gasteiger charge is -2.22. The first kappa shape index (κ1) is 14.2. The number of carbonyl (C=O) groups excluding carboxylic acids is 1. The Balaban J connectivity index is 2.08. The third-order valence-electron chi connectivity index (χ3n) is 3.44. The fourth-order valence-corrected chi connectivity index (χ4v) is 2.42. The van der Waals surface area contributed by atoms with E-state index in [1.54, 1.807) is 25.3 Å². The van der Waals surface area contributed by atoms with Crippen molar-refractivity contribution in [2.75, 3.05) is 19.0 Å². The number of nitrogens with zero attached hydrogens (tertiary/aromatic N) is 1. The highest BCUT2D eigenvalue weighted by atomic mass is 16.5. The molecule has 1 atom stereocenters. The molecule has 6 nitrogen and oxygen atoms in total. The Morgan fingerprint density at radius 2 is 2.20 bits per heavy atom. The van der Waals surface area contributed by atoms with Crippen molar-refractivity contribution in [3.63, 3.8) is 0 Å². The Hall–Kier alpha value is -2.24. The molecule has 0 radical (unpaired) electrons. The molecule has 0 bridgehead atoms. The van der Waals surface area contributed by atoms with E-state index in [1.165, 1.54) is 4.90 Å². The molecule has 108 valence electrons. The highest BCUT2D eigenvalue weighted by Crippen LogP contribution is 2.23. The van der Waals surface area contributed by atoms with Gasteiger partial charge < -0.3 is 20.1 Å². The van der Waals surface area contributed by atoms with Gasteiger partial charge in [-0.25, -0.2) is 9.59 Å². The number of likely N-dealkylation sites (tertiary alicyclic amines) is 1. The molecule has 1 aliphatic rings. The van der Waals surface area contributed by atoms with Gasteiger partial charge in [0, 0.05) is 12.2 Å². The summed E-state index contributed by atoms with van der Waals surface area (Å²) < 4.78 is 5.15. The number of urea groups is 1. The van der Waals surface area contributed by atoms with Crippen molar-refractivity contribution in [1.29, 1.82) is 0 Å². The fourth-order valence-electron chi connectivity index (χ4n) is 2.42. The van der Waals surface area contributed by atoms with Crippen LogP contribution in [0.3, 0.4) is 0 Å². The molecular weight excluding hydrogens is 260 g/mol. The Labute approximate surface area is 117 Å². The van der Waals surface area contributed by atoms with E-state index < -0.39 is 12.0 Å². The number of aryl methyl sites for hydroxylation is 1. The minimum atomic E-state index is -0.955. The number of carboxylic acids is 1. The number of hydrogen-bond acceptors (Lipinski definition) is 3. The number of anilines is 1. The van der Waals surface area contributed by atoms with Crippen LogP contribution in [0.2, 0.25) is 0 Å². The van der Waals surface area contributed by atoms with Crippen LogP contribution in [0.5, 0.6) is 5.75 Å². The average molecular weight is 278 g/mol. The van der Waals surface area contributed by atoms with Gasteiger partial charge in [-0.1, -0.05) is 0 Å². The summed E-state index contributed by atoms with van der Waals surface area (Å²) in [5.74, 6) is -0.212. The molecule has 1 aromatic carbocycles. The number of ether oxygens (including phenoxy) is 1. The number of nitrogens with one attached hydrogen (secondary N) is 1. The van der Waals surface area contributed by atoms with E-state index >= 15 is 0 Å². The standard InChI is InChI=1S/C14H18N2O4/c1-9-8-10(5-6-12(9)20-2)15-14(19)16-7-3-4-11(16)13(17)18/h5-6,8,11H,3-4,7H2,1-2H3,(H,15,19)(H,17,18)/t11-/m1/s1. The van der Waals surface area contributed by atoms with E-state index in [9.17, 15) is 9.59 Å². The number of carboxylic acid groups (broad SMARTS) is 1. The van der Waals surface area contributed by atoms with Crippen LogP contribution in [0.15, 0.2) is 18.2 Å². The second-order valence-electron chi connectivity index (χ2n) is 4.80. The normalized spacial score (nSPS) is 17.9. The molecule has 2 amide bonds. The largest absolute Gasteiger partial charge is 0.496 e. The molecule has 1 saturated heterocycles. The zero-order valence-electron chi connectivity index (χ0n) is 11.5.